The highest BCUT2D eigenvalue weighted by Gasteiger charge is 2.39. The van der Waals surface area contributed by atoms with Gasteiger partial charge in [0.15, 0.2) is 0 Å². The molecule has 0 fully saturated rings. The molecule has 0 radical (unpaired) electrons. The maximum Gasteiger partial charge on any atom is 0.294 e. The molecule has 6 rings (SSSR count). The fourth-order valence-electron chi connectivity index (χ4n) is 7.41. The van der Waals surface area contributed by atoms with Crippen molar-refractivity contribution in [2.24, 2.45) is 0 Å². The molecule has 0 aromatic heterocycles. The maximum atomic E-state index is 10.5. The number of nitrogens with zero attached hydrogens (tertiary/aromatic N) is 1. The molecule has 0 unspecified atom stereocenters. The number of hydrogen-bond acceptors (Lipinski definition) is 3. The van der Waals surface area contributed by atoms with Crippen LogP contribution >= 0.6 is 11.6 Å². The molecule has 1 N–H and O–H groups in total. The second kappa shape index (κ2) is 14.1. The zero-order valence-corrected chi connectivity index (χ0v) is 30.8. The van der Waals surface area contributed by atoms with Crippen LogP contribution in [0.3, 0.4) is 0 Å². The Labute approximate surface area is 293 Å². The van der Waals surface area contributed by atoms with E-state index in [-0.39, 0.29) is 15.7 Å². The molecule has 3 aliphatic rings. The number of halogens is 1. The number of benzene rings is 3. The predicted molar refractivity (Wildman–Crippen MR) is 202 cm³/mol. The Hall–Kier alpha value is -3.64. The normalized spacial score (nSPS) is 20.0. The summed E-state index contributed by atoms with van der Waals surface area (Å²) in [5.41, 5.74) is 13.3. The predicted octanol–water partition coefficient (Wildman–Crippen LogP) is 11.2. The first-order valence-corrected chi connectivity index (χ1v) is 18.8. The minimum atomic E-state index is -4.02. The van der Waals surface area contributed by atoms with Crippen LogP contribution in [0, 0.1) is 6.92 Å². The van der Waals surface area contributed by atoms with Crippen LogP contribution in [-0.4, -0.2) is 19.5 Å². The van der Waals surface area contributed by atoms with Gasteiger partial charge in [0.2, 0.25) is 0 Å². The second-order valence-electron chi connectivity index (χ2n) is 13.9. The maximum absolute atomic E-state index is 10.5. The Bertz CT molecular complexity index is 1960. The van der Waals surface area contributed by atoms with Gasteiger partial charge in [-0.15, -0.1) is 0 Å². The van der Waals surface area contributed by atoms with E-state index in [0.29, 0.717) is 0 Å². The molecule has 4 nitrogen and oxygen atoms in total. The van der Waals surface area contributed by atoms with Gasteiger partial charge in [-0.1, -0.05) is 125 Å². The number of likely N-dealkylation sites (N-methyl/N-ethyl adjacent to an activating group) is 1. The number of aryl methyl sites for hydroxylation is 1. The summed E-state index contributed by atoms with van der Waals surface area (Å²) in [7, 11) is -4.02. The second-order valence-corrected chi connectivity index (χ2v) is 15.7. The van der Waals surface area contributed by atoms with Gasteiger partial charge in [0, 0.05) is 33.8 Å². The zero-order valence-electron chi connectivity index (χ0n) is 29.3. The molecule has 6 heteroatoms. The van der Waals surface area contributed by atoms with Crippen LogP contribution in [-0.2, 0) is 20.9 Å². The van der Waals surface area contributed by atoms with Gasteiger partial charge in [-0.25, -0.2) is 0 Å². The lowest BCUT2D eigenvalue weighted by atomic mass is 9.80. The molecule has 3 aromatic carbocycles. The molecule has 1 heterocycles. The quantitative estimate of drug-likeness (QED) is 0.263. The highest BCUT2D eigenvalue weighted by Crippen LogP contribution is 2.49. The van der Waals surface area contributed by atoms with Crippen molar-refractivity contribution < 1.29 is 13.0 Å². The molecular formula is C42H48ClNO3S. The smallest absolute Gasteiger partial charge is 0.294 e. The highest BCUT2D eigenvalue weighted by molar-refractivity contribution is 7.85. The molecule has 48 heavy (non-hydrogen) atoms. The van der Waals surface area contributed by atoms with Gasteiger partial charge in [0.1, 0.15) is 0 Å². The van der Waals surface area contributed by atoms with Crippen LogP contribution < -0.4 is 4.90 Å². The number of anilines is 1. The SMILES string of the molecule is CCC1=C(/C=C/C2=C(Cl)C(=C/C=C3/N(CC)c4ccccc4C3(C)C)CCC2)C(C)(C)c2ccccc21.Cc1ccc(S(=O)(=O)O)cc1. The first-order valence-electron chi connectivity index (χ1n) is 16.9. The standard InChI is InChI=1S/C35H40ClN.C7H8O3S/c1-7-26-27-16-9-10-17-28(27)34(3,4)29(26)22-20-24-14-13-15-25(33(24)36)21-23-32-35(5,6)30-18-11-12-19-31(30)37(32)8-2;1-6-2-4-7(5-3-6)11(8,9)10/h9-12,16-23H,7-8,13-15H2,1-6H3;2-5H,1H3,(H,8,9,10)/b22-20+,25-21?,32-23+;. The van der Waals surface area contributed by atoms with E-state index in [9.17, 15) is 8.42 Å². The lowest BCUT2D eigenvalue weighted by molar-refractivity contribution is 0.483. The molecule has 1 aliphatic heterocycles. The summed E-state index contributed by atoms with van der Waals surface area (Å²) in [5.74, 6) is 0. The summed E-state index contributed by atoms with van der Waals surface area (Å²) in [5, 5.41) is 0.933. The molecule has 0 saturated carbocycles. The minimum Gasteiger partial charge on any atom is -0.344 e. The monoisotopic (exact) mass is 681 g/mol. The van der Waals surface area contributed by atoms with E-state index in [0.717, 1.165) is 42.8 Å². The van der Waals surface area contributed by atoms with E-state index >= 15 is 0 Å². The minimum absolute atomic E-state index is 0.00982. The number of fused-ring (bicyclic) bond motifs is 2. The van der Waals surface area contributed by atoms with Crippen molar-refractivity contribution in [3.05, 3.63) is 147 Å². The molecule has 3 aromatic rings. The van der Waals surface area contributed by atoms with Gasteiger partial charge < -0.3 is 4.90 Å². The lowest BCUT2D eigenvalue weighted by Gasteiger charge is -2.26. The van der Waals surface area contributed by atoms with Crippen molar-refractivity contribution in [3.8, 4) is 0 Å². The average molecular weight is 682 g/mol. The van der Waals surface area contributed by atoms with E-state index in [4.69, 9.17) is 16.2 Å². The molecular weight excluding hydrogens is 634 g/mol. The molecule has 0 amide bonds. The first-order chi connectivity index (χ1) is 22.7. The molecule has 2 aliphatic carbocycles. The summed E-state index contributed by atoms with van der Waals surface area (Å²) < 4.78 is 29.6. The summed E-state index contributed by atoms with van der Waals surface area (Å²) in [4.78, 5) is 2.38. The Morgan fingerprint density at radius 3 is 2.12 bits per heavy atom. The van der Waals surface area contributed by atoms with Crippen LogP contribution in [0.2, 0.25) is 0 Å². The Morgan fingerprint density at radius 2 is 1.48 bits per heavy atom. The van der Waals surface area contributed by atoms with Crippen molar-refractivity contribution in [2.75, 3.05) is 11.4 Å². The third-order valence-electron chi connectivity index (χ3n) is 10.1. The molecule has 0 atom stereocenters. The first kappa shape index (κ1) is 35.7. The van der Waals surface area contributed by atoms with Crippen molar-refractivity contribution in [1.82, 2.24) is 0 Å². The highest BCUT2D eigenvalue weighted by atomic mass is 35.5. The number of hydrogen-bond donors (Lipinski definition) is 1. The van der Waals surface area contributed by atoms with Crippen molar-refractivity contribution in [1.29, 1.82) is 0 Å². The van der Waals surface area contributed by atoms with E-state index in [1.165, 1.54) is 62.5 Å². The number of allylic oxidation sites excluding steroid dienone is 10. The molecule has 252 valence electrons. The van der Waals surface area contributed by atoms with E-state index in [1.54, 1.807) is 12.1 Å². The third kappa shape index (κ3) is 6.92. The van der Waals surface area contributed by atoms with E-state index < -0.39 is 10.1 Å². The van der Waals surface area contributed by atoms with E-state index in [2.05, 4.69) is 119 Å². The average Bonchev–Trinajstić information content (AvgIpc) is 3.41. The molecule has 0 spiro atoms. The largest absolute Gasteiger partial charge is 0.344 e. The number of rotatable bonds is 6. The topological polar surface area (TPSA) is 57.6 Å². The molecule has 0 saturated heterocycles. The van der Waals surface area contributed by atoms with Crippen LogP contribution in [0.25, 0.3) is 5.57 Å². The van der Waals surface area contributed by atoms with Crippen LogP contribution in [0.15, 0.2) is 129 Å². The Balaban J connectivity index is 0.000000349. The van der Waals surface area contributed by atoms with Crippen LogP contribution in [0.1, 0.15) is 89.5 Å². The van der Waals surface area contributed by atoms with Crippen molar-refractivity contribution >= 4 is 33.0 Å². The summed E-state index contributed by atoms with van der Waals surface area (Å²) >= 11 is 7.08. The van der Waals surface area contributed by atoms with Crippen LogP contribution in [0.5, 0.6) is 0 Å². The Kier molecular flexibility index (Phi) is 10.5. The summed E-state index contributed by atoms with van der Waals surface area (Å²) in [6, 6.07) is 23.7. The Morgan fingerprint density at radius 1 is 0.833 bits per heavy atom. The van der Waals surface area contributed by atoms with Gasteiger partial charge >= 0.3 is 0 Å². The van der Waals surface area contributed by atoms with Crippen molar-refractivity contribution in [3.63, 3.8) is 0 Å². The van der Waals surface area contributed by atoms with E-state index in [1.807, 2.05) is 6.92 Å². The van der Waals surface area contributed by atoms with Gasteiger partial charge in [0.25, 0.3) is 10.1 Å². The lowest BCUT2D eigenvalue weighted by Crippen LogP contribution is -2.25. The molecule has 0 bridgehead atoms. The van der Waals surface area contributed by atoms with Crippen molar-refractivity contribution in [2.45, 2.75) is 89.9 Å². The van der Waals surface area contributed by atoms with Gasteiger partial charge in [-0.3, -0.25) is 4.55 Å². The third-order valence-corrected chi connectivity index (χ3v) is 11.4. The van der Waals surface area contributed by atoms with Crippen LogP contribution in [0.4, 0.5) is 5.69 Å². The fraction of sp³-hybridized carbons (Fsp3) is 0.333. The summed E-state index contributed by atoms with van der Waals surface area (Å²) in [6.45, 7) is 16.7. The van der Waals surface area contributed by atoms with Gasteiger partial charge in [-0.2, -0.15) is 8.42 Å². The van der Waals surface area contributed by atoms with Gasteiger partial charge in [0.05, 0.1) is 4.90 Å². The summed E-state index contributed by atoms with van der Waals surface area (Å²) in [6.07, 6.45) is 13.5. The fourth-order valence-corrected chi connectivity index (χ4v) is 8.21. The van der Waals surface area contributed by atoms with Gasteiger partial charge in [-0.05, 0) is 103 Å². The number of para-hydroxylation sites is 1. The zero-order chi connectivity index (χ0) is 34.9.